The Labute approximate surface area is 197 Å². The zero-order valence-corrected chi connectivity index (χ0v) is 19.6. The van der Waals surface area contributed by atoms with Crippen LogP contribution in [0.4, 0.5) is 24.5 Å². The lowest BCUT2D eigenvalue weighted by Crippen LogP contribution is -2.41. The van der Waals surface area contributed by atoms with Gasteiger partial charge in [-0.25, -0.2) is 0 Å². The first-order chi connectivity index (χ1) is 15.9. The molecule has 0 bridgehead atoms. The van der Waals surface area contributed by atoms with Crippen LogP contribution in [-0.4, -0.2) is 50.2 Å². The minimum Gasteiger partial charge on any atom is -0.382 e. The van der Waals surface area contributed by atoms with Crippen molar-refractivity contribution in [3.05, 3.63) is 47.0 Å². The van der Waals surface area contributed by atoms with Gasteiger partial charge in [0.1, 0.15) is 0 Å². The molecule has 3 heterocycles. The minimum atomic E-state index is -4.36. The smallest absolute Gasteiger partial charge is 0.382 e. The highest BCUT2D eigenvalue weighted by Gasteiger charge is 2.34. The Hall–Kier alpha value is -1.90. The molecule has 0 aromatic heterocycles. The molecule has 2 aromatic carbocycles. The van der Waals surface area contributed by atoms with Crippen LogP contribution in [0.1, 0.15) is 42.4 Å². The number of piperidine rings is 1. The molecule has 0 amide bonds. The van der Waals surface area contributed by atoms with Gasteiger partial charge >= 0.3 is 6.18 Å². The number of halogens is 3. The first-order valence-corrected chi connectivity index (χ1v) is 12.7. The topological polar surface area (TPSA) is 44.5 Å². The summed E-state index contributed by atoms with van der Waals surface area (Å²) in [6.45, 7) is 5.51. The molecule has 3 aliphatic heterocycles. The Morgan fingerprint density at radius 3 is 2.45 bits per heavy atom. The minimum absolute atomic E-state index is 0.175. The van der Waals surface area contributed by atoms with E-state index in [0.717, 1.165) is 56.0 Å². The average molecular weight is 477 g/mol. The quantitative estimate of drug-likeness (QED) is 0.530. The molecule has 3 aliphatic rings. The van der Waals surface area contributed by atoms with Gasteiger partial charge in [-0.15, -0.1) is 0 Å². The molecule has 2 saturated heterocycles. The number of alkyl halides is 3. The van der Waals surface area contributed by atoms with Crippen molar-refractivity contribution in [2.45, 2.75) is 54.1 Å². The van der Waals surface area contributed by atoms with Crippen molar-refractivity contribution in [2.24, 2.45) is 5.73 Å². The van der Waals surface area contributed by atoms with Crippen LogP contribution in [0.2, 0.25) is 0 Å². The van der Waals surface area contributed by atoms with Crippen molar-refractivity contribution in [1.82, 2.24) is 4.90 Å². The van der Waals surface area contributed by atoms with Crippen LogP contribution in [0.15, 0.2) is 40.1 Å². The summed E-state index contributed by atoms with van der Waals surface area (Å²) < 4.78 is 41.1. The molecular weight excluding hydrogens is 445 g/mol. The molecule has 5 rings (SSSR count). The first kappa shape index (κ1) is 22.9. The maximum Gasteiger partial charge on any atom is 0.416 e. The number of nitrogens with one attached hydrogen (secondary N) is 1. The fourth-order valence-corrected chi connectivity index (χ4v) is 6.33. The second-order valence-corrected chi connectivity index (χ2v) is 10.4. The predicted molar refractivity (Wildman–Crippen MR) is 128 cm³/mol. The molecule has 2 fully saturated rings. The van der Waals surface area contributed by atoms with Gasteiger partial charge in [0.15, 0.2) is 0 Å². The monoisotopic (exact) mass is 476 g/mol. The predicted octanol–water partition coefficient (Wildman–Crippen LogP) is 5.20. The van der Waals surface area contributed by atoms with E-state index in [9.17, 15) is 13.2 Å². The fraction of sp³-hybridized carbons (Fsp3) is 0.520. The highest BCUT2D eigenvalue weighted by Crippen LogP contribution is 2.46. The van der Waals surface area contributed by atoms with E-state index in [2.05, 4.69) is 33.3 Å². The Morgan fingerprint density at radius 2 is 1.76 bits per heavy atom. The second-order valence-electron chi connectivity index (χ2n) is 9.31. The standard InChI is InChI=1S/C25H31F3N4S/c26-25(27,28)18-15-22(30-19-5-10-31(11-6-19)12-7-29)21-14-17-13-20(32-8-1-2-9-32)3-4-23(17)33-24(21)16-18/h3-4,13,15-16,19,30H,1-2,5-12,14,29H2. The molecule has 3 N–H and O–H groups in total. The van der Waals surface area contributed by atoms with E-state index in [-0.39, 0.29) is 6.04 Å². The number of likely N-dealkylation sites (tertiary alicyclic amines) is 1. The van der Waals surface area contributed by atoms with E-state index in [1.165, 1.54) is 48.0 Å². The number of benzene rings is 2. The number of hydrogen-bond donors (Lipinski definition) is 2. The number of rotatable bonds is 5. The molecule has 0 radical (unpaired) electrons. The Balaban J connectivity index is 1.42. The van der Waals surface area contributed by atoms with Gasteiger partial charge in [0.25, 0.3) is 0 Å². The van der Waals surface area contributed by atoms with Crippen molar-refractivity contribution in [1.29, 1.82) is 0 Å². The Morgan fingerprint density at radius 1 is 1.00 bits per heavy atom. The average Bonchev–Trinajstić information content (AvgIpc) is 3.33. The summed E-state index contributed by atoms with van der Waals surface area (Å²) in [7, 11) is 0. The molecule has 0 atom stereocenters. The van der Waals surface area contributed by atoms with E-state index >= 15 is 0 Å². The number of hydrogen-bond acceptors (Lipinski definition) is 5. The van der Waals surface area contributed by atoms with Crippen molar-refractivity contribution < 1.29 is 13.2 Å². The second kappa shape index (κ2) is 9.39. The highest BCUT2D eigenvalue weighted by molar-refractivity contribution is 7.99. The summed E-state index contributed by atoms with van der Waals surface area (Å²) in [6.07, 6.45) is 0.546. The van der Waals surface area contributed by atoms with Crippen LogP contribution in [0.3, 0.4) is 0 Å². The Bertz CT molecular complexity index is 996. The van der Waals surface area contributed by atoms with Gasteiger partial charge in [-0.05, 0) is 67.1 Å². The number of nitrogens with two attached hydrogens (primary N) is 1. The summed E-state index contributed by atoms with van der Waals surface area (Å²) >= 11 is 1.47. The number of nitrogens with zero attached hydrogens (tertiary/aromatic N) is 2. The molecule has 2 aromatic rings. The molecule has 8 heteroatoms. The molecule has 0 spiro atoms. The van der Waals surface area contributed by atoms with Crippen LogP contribution in [0, 0.1) is 0 Å². The van der Waals surface area contributed by atoms with Gasteiger partial charge in [0, 0.05) is 72.9 Å². The third-order valence-corrected chi connectivity index (χ3v) is 8.23. The van der Waals surface area contributed by atoms with Crippen molar-refractivity contribution in [2.75, 3.05) is 49.5 Å². The maximum absolute atomic E-state index is 13.7. The van der Waals surface area contributed by atoms with Gasteiger partial charge in [0.05, 0.1) is 5.56 Å². The van der Waals surface area contributed by atoms with Crippen molar-refractivity contribution in [3.63, 3.8) is 0 Å². The SMILES string of the molecule is NCCN1CCC(Nc2cc(C(F)(F)F)cc3c2Cc2cc(N4CCCC4)ccc2S3)CC1. The van der Waals surface area contributed by atoms with Crippen LogP contribution in [0.5, 0.6) is 0 Å². The van der Waals surface area contributed by atoms with Gasteiger partial charge < -0.3 is 20.9 Å². The lowest BCUT2D eigenvalue weighted by molar-refractivity contribution is -0.137. The molecule has 0 unspecified atom stereocenters. The van der Waals surface area contributed by atoms with Crippen LogP contribution < -0.4 is 16.0 Å². The van der Waals surface area contributed by atoms with E-state index in [4.69, 9.17) is 5.73 Å². The first-order valence-electron chi connectivity index (χ1n) is 11.9. The third-order valence-electron chi connectivity index (χ3n) is 7.03. The summed E-state index contributed by atoms with van der Waals surface area (Å²) in [5.41, 5.74) is 9.16. The zero-order chi connectivity index (χ0) is 23.0. The summed E-state index contributed by atoms with van der Waals surface area (Å²) in [5, 5.41) is 3.50. The molecular formula is C25H31F3N4S. The van der Waals surface area contributed by atoms with Gasteiger partial charge in [-0.2, -0.15) is 13.2 Å². The zero-order valence-electron chi connectivity index (χ0n) is 18.8. The fourth-order valence-electron chi connectivity index (χ4n) is 5.20. The van der Waals surface area contributed by atoms with Crippen molar-refractivity contribution >= 4 is 23.1 Å². The number of anilines is 2. The normalized spacial score (nSPS) is 19.5. The molecule has 0 saturated carbocycles. The highest BCUT2D eigenvalue weighted by atomic mass is 32.2. The van der Waals surface area contributed by atoms with E-state index in [1.807, 2.05) is 0 Å². The molecule has 4 nitrogen and oxygen atoms in total. The van der Waals surface area contributed by atoms with E-state index in [0.29, 0.717) is 23.5 Å². The largest absolute Gasteiger partial charge is 0.416 e. The molecule has 178 valence electrons. The van der Waals surface area contributed by atoms with Crippen LogP contribution in [0.25, 0.3) is 0 Å². The van der Waals surface area contributed by atoms with E-state index < -0.39 is 11.7 Å². The summed E-state index contributed by atoms with van der Waals surface area (Å²) in [6, 6.07) is 9.26. The van der Waals surface area contributed by atoms with Crippen LogP contribution >= 0.6 is 11.8 Å². The molecule has 33 heavy (non-hydrogen) atoms. The Kier molecular flexibility index (Phi) is 6.51. The van der Waals surface area contributed by atoms with E-state index in [1.54, 1.807) is 0 Å². The van der Waals surface area contributed by atoms with Crippen LogP contribution in [-0.2, 0) is 12.6 Å². The molecule has 0 aliphatic carbocycles. The van der Waals surface area contributed by atoms with Gasteiger partial charge in [-0.3, -0.25) is 0 Å². The maximum atomic E-state index is 13.7. The number of fused-ring (bicyclic) bond motifs is 2. The van der Waals surface area contributed by atoms with Gasteiger partial charge in [-0.1, -0.05) is 11.8 Å². The third kappa shape index (κ3) is 4.98. The lowest BCUT2D eigenvalue weighted by Gasteiger charge is -2.34. The summed E-state index contributed by atoms with van der Waals surface area (Å²) in [4.78, 5) is 6.51. The van der Waals surface area contributed by atoms with Crippen molar-refractivity contribution in [3.8, 4) is 0 Å². The van der Waals surface area contributed by atoms with Gasteiger partial charge in [0.2, 0.25) is 0 Å². The summed E-state index contributed by atoms with van der Waals surface area (Å²) in [5.74, 6) is 0. The lowest BCUT2D eigenvalue weighted by atomic mass is 9.97.